The highest BCUT2D eigenvalue weighted by Crippen LogP contribution is 2.34. The van der Waals surface area contributed by atoms with Crippen LogP contribution < -0.4 is 5.32 Å². The maximum atomic E-state index is 13.2. The van der Waals surface area contributed by atoms with Crippen LogP contribution in [0.1, 0.15) is 16.7 Å². The molecule has 0 aliphatic carbocycles. The van der Waals surface area contributed by atoms with Gasteiger partial charge in [0, 0.05) is 17.6 Å². The molecule has 0 bridgehead atoms. The number of carbonyl (C=O) groups excluding carboxylic acids is 2. The molecule has 4 heteroatoms. The van der Waals surface area contributed by atoms with Crippen LogP contribution in [0.25, 0.3) is 16.3 Å². The number of hydrogen-bond acceptors (Lipinski definition) is 3. The number of nitrogens with one attached hydrogen (secondary N) is 1. The van der Waals surface area contributed by atoms with Crippen LogP contribution in [0.15, 0.2) is 79.0 Å². The molecule has 0 unspecified atom stereocenters. The van der Waals surface area contributed by atoms with E-state index in [0.717, 1.165) is 33.2 Å². The third-order valence-electron chi connectivity index (χ3n) is 5.18. The Morgan fingerprint density at radius 2 is 1.72 bits per heavy atom. The Morgan fingerprint density at radius 3 is 2.48 bits per heavy atom. The summed E-state index contributed by atoms with van der Waals surface area (Å²) in [5.41, 5.74) is 4.33. The van der Waals surface area contributed by atoms with Gasteiger partial charge in [-0.1, -0.05) is 66.2 Å². The smallest absolute Gasteiger partial charge is 0.278 e. The number of nitrogens with zero attached hydrogens (tertiary/aromatic N) is 1. The summed E-state index contributed by atoms with van der Waals surface area (Å²) in [6.45, 7) is 7.82. The predicted molar refractivity (Wildman–Crippen MR) is 117 cm³/mol. The Labute approximate surface area is 170 Å². The van der Waals surface area contributed by atoms with Crippen molar-refractivity contribution in [2.45, 2.75) is 13.8 Å². The number of benzene rings is 3. The molecule has 0 fully saturated rings. The minimum absolute atomic E-state index is 0.173. The number of imide groups is 1. The Kier molecular flexibility index (Phi) is 4.77. The number of carbonyl (C=O) groups is 2. The molecule has 4 nitrogen and oxygen atoms in total. The summed E-state index contributed by atoms with van der Waals surface area (Å²) in [7, 11) is 0. The van der Waals surface area contributed by atoms with E-state index in [1.807, 2.05) is 74.5 Å². The normalized spacial score (nSPS) is 14.1. The summed E-state index contributed by atoms with van der Waals surface area (Å²) >= 11 is 0. The molecule has 1 heterocycles. The van der Waals surface area contributed by atoms with E-state index in [1.54, 1.807) is 6.08 Å². The van der Waals surface area contributed by atoms with Gasteiger partial charge >= 0.3 is 0 Å². The van der Waals surface area contributed by atoms with Gasteiger partial charge in [-0.2, -0.15) is 0 Å². The van der Waals surface area contributed by atoms with Crippen molar-refractivity contribution in [3.8, 4) is 0 Å². The van der Waals surface area contributed by atoms with Gasteiger partial charge in [-0.05, 0) is 36.4 Å². The van der Waals surface area contributed by atoms with Crippen LogP contribution in [0.4, 0.5) is 5.69 Å². The topological polar surface area (TPSA) is 49.4 Å². The number of fused-ring (bicyclic) bond motifs is 1. The van der Waals surface area contributed by atoms with Crippen molar-refractivity contribution in [1.82, 2.24) is 4.90 Å². The van der Waals surface area contributed by atoms with Gasteiger partial charge in [0.25, 0.3) is 11.8 Å². The van der Waals surface area contributed by atoms with E-state index < -0.39 is 0 Å². The highest BCUT2D eigenvalue weighted by molar-refractivity contribution is 6.37. The van der Waals surface area contributed by atoms with E-state index in [1.165, 1.54) is 4.90 Å². The molecule has 4 rings (SSSR count). The lowest BCUT2D eigenvalue weighted by Gasteiger charge is -2.13. The van der Waals surface area contributed by atoms with Crippen LogP contribution in [0.5, 0.6) is 0 Å². The van der Waals surface area contributed by atoms with Crippen molar-refractivity contribution in [1.29, 1.82) is 0 Å². The van der Waals surface area contributed by atoms with E-state index in [4.69, 9.17) is 0 Å². The summed E-state index contributed by atoms with van der Waals surface area (Å²) in [5.74, 6) is -0.637. The highest BCUT2D eigenvalue weighted by atomic mass is 16.2. The average molecular weight is 382 g/mol. The largest absolute Gasteiger partial charge is 0.350 e. The van der Waals surface area contributed by atoms with Crippen molar-refractivity contribution in [2.75, 3.05) is 11.9 Å². The zero-order valence-corrected chi connectivity index (χ0v) is 16.5. The lowest BCUT2D eigenvalue weighted by molar-refractivity contribution is -0.136. The lowest BCUT2D eigenvalue weighted by Crippen LogP contribution is -2.32. The zero-order valence-electron chi connectivity index (χ0n) is 16.5. The van der Waals surface area contributed by atoms with Crippen molar-refractivity contribution >= 4 is 33.8 Å². The number of hydrogen-bond donors (Lipinski definition) is 1. The minimum Gasteiger partial charge on any atom is -0.350 e. The van der Waals surface area contributed by atoms with Gasteiger partial charge in [-0.15, -0.1) is 6.58 Å². The first-order valence-electron chi connectivity index (χ1n) is 9.55. The molecular weight excluding hydrogens is 360 g/mol. The van der Waals surface area contributed by atoms with Gasteiger partial charge in [0.1, 0.15) is 5.70 Å². The Balaban J connectivity index is 1.89. The molecule has 3 aromatic rings. The molecule has 3 aromatic carbocycles. The molecule has 0 spiro atoms. The minimum atomic E-state index is -0.335. The van der Waals surface area contributed by atoms with Crippen LogP contribution in [0.2, 0.25) is 0 Å². The molecule has 0 saturated carbocycles. The number of rotatable bonds is 5. The molecule has 29 heavy (non-hydrogen) atoms. The third kappa shape index (κ3) is 3.23. The van der Waals surface area contributed by atoms with E-state index in [0.29, 0.717) is 11.3 Å². The predicted octanol–water partition coefficient (Wildman–Crippen LogP) is 4.83. The lowest BCUT2D eigenvalue weighted by atomic mass is 9.97. The Morgan fingerprint density at radius 1 is 0.966 bits per heavy atom. The second-order valence-electron chi connectivity index (χ2n) is 7.23. The zero-order chi connectivity index (χ0) is 20.5. The van der Waals surface area contributed by atoms with Crippen molar-refractivity contribution in [3.63, 3.8) is 0 Å². The molecule has 0 aromatic heterocycles. The van der Waals surface area contributed by atoms with Gasteiger partial charge in [-0.3, -0.25) is 14.5 Å². The first kappa shape index (κ1) is 18.7. The van der Waals surface area contributed by atoms with Gasteiger partial charge in [0.2, 0.25) is 0 Å². The molecule has 1 aliphatic rings. The van der Waals surface area contributed by atoms with E-state index in [2.05, 4.69) is 11.9 Å². The molecule has 0 atom stereocenters. The van der Waals surface area contributed by atoms with Gasteiger partial charge in [0.15, 0.2) is 0 Å². The van der Waals surface area contributed by atoms with Gasteiger partial charge < -0.3 is 5.32 Å². The van der Waals surface area contributed by atoms with Crippen LogP contribution in [0, 0.1) is 13.8 Å². The molecule has 1 N–H and O–H groups in total. The molecule has 0 saturated heterocycles. The van der Waals surface area contributed by atoms with Crippen LogP contribution in [-0.4, -0.2) is 23.3 Å². The fourth-order valence-electron chi connectivity index (χ4n) is 3.80. The van der Waals surface area contributed by atoms with Crippen molar-refractivity contribution in [2.24, 2.45) is 0 Å². The first-order valence-corrected chi connectivity index (χ1v) is 9.55. The molecule has 0 radical (unpaired) electrons. The van der Waals surface area contributed by atoms with Crippen LogP contribution in [0.3, 0.4) is 0 Å². The van der Waals surface area contributed by atoms with E-state index in [9.17, 15) is 9.59 Å². The highest BCUT2D eigenvalue weighted by Gasteiger charge is 2.39. The molecule has 2 amide bonds. The maximum absolute atomic E-state index is 13.2. The number of anilines is 1. The van der Waals surface area contributed by atoms with E-state index >= 15 is 0 Å². The van der Waals surface area contributed by atoms with Crippen molar-refractivity contribution < 1.29 is 9.59 Å². The SMILES string of the molecule is C=CCN1C(=O)C(Nc2cccc3ccccc23)=C(c2ccc(C)cc2C)C1=O. The standard InChI is InChI=1S/C25H22N2O2/c1-4-14-27-24(28)22(19-13-12-16(2)15-17(19)3)23(25(27)29)26-21-11-7-9-18-8-5-6-10-20(18)21/h4-13,15,26H,1,14H2,2-3H3. The average Bonchev–Trinajstić information content (AvgIpc) is 2.93. The second kappa shape index (κ2) is 7.40. The third-order valence-corrected chi connectivity index (χ3v) is 5.18. The monoisotopic (exact) mass is 382 g/mol. The molecule has 144 valence electrons. The number of aryl methyl sites for hydroxylation is 2. The van der Waals surface area contributed by atoms with Gasteiger partial charge in [0.05, 0.1) is 5.57 Å². The summed E-state index contributed by atoms with van der Waals surface area (Å²) in [6, 6.07) is 19.7. The summed E-state index contributed by atoms with van der Waals surface area (Å²) in [4.78, 5) is 27.5. The van der Waals surface area contributed by atoms with Crippen LogP contribution >= 0.6 is 0 Å². The quantitative estimate of drug-likeness (QED) is 0.508. The van der Waals surface area contributed by atoms with Gasteiger partial charge in [-0.25, -0.2) is 0 Å². The summed E-state index contributed by atoms with van der Waals surface area (Å²) in [5, 5.41) is 5.33. The summed E-state index contributed by atoms with van der Waals surface area (Å²) in [6.07, 6.45) is 1.57. The first-order chi connectivity index (χ1) is 14.0. The molecule has 1 aliphatic heterocycles. The fourth-order valence-corrected chi connectivity index (χ4v) is 3.80. The summed E-state index contributed by atoms with van der Waals surface area (Å²) < 4.78 is 0. The van der Waals surface area contributed by atoms with Crippen LogP contribution in [-0.2, 0) is 9.59 Å². The second-order valence-corrected chi connectivity index (χ2v) is 7.23. The maximum Gasteiger partial charge on any atom is 0.278 e. The fraction of sp³-hybridized carbons (Fsp3) is 0.120. The number of amides is 2. The van der Waals surface area contributed by atoms with Crippen molar-refractivity contribution in [3.05, 3.63) is 95.7 Å². The molecular formula is C25H22N2O2. The Hall–Kier alpha value is -3.66. The Bertz CT molecular complexity index is 1190. The van der Waals surface area contributed by atoms with E-state index in [-0.39, 0.29) is 18.4 Å².